The van der Waals surface area contributed by atoms with Gasteiger partial charge < -0.3 is 4.90 Å². The summed E-state index contributed by atoms with van der Waals surface area (Å²) in [6.07, 6.45) is 0. The number of anilines is 2. The Bertz CT molecular complexity index is 366. The topological polar surface area (TPSA) is 3.01 Å². The molecular formula is C11H13F2N. The molecule has 0 aromatic heterocycles. The largest absolute Gasteiger partial charge is 0.336 e. The minimum atomic E-state index is -2.74. The summed E-state index contributed by atoms with van der Waals surface area (Å²) in [5.74, 6) is -2.74. The standard InChI is InChI=1S/C11H13F2N/c1-7(2)14-9-5-4-8(6-10(9)14)11(3,12)13/h4-7H,1-3H3. The average molecular weight is 197 g/mol. The molecule has 76 valence electrons. The molecule has 0 radical (unpaired) electrons. The maximum absolute atomic E-state index is 13.0. The van der Waals surface area contributed by atoms with Crippen molar-refractivity contribution in [3.8, 4) is 0 Å². The van der Waals surface area contributed by atoms with Crippen molar-refractivity contribution in [3.05, 3.63) is 23.8 Å². The van der Waals surface area contributed by atoms with Crippen molar-refractivity contribution < 1.29 is 8.78 Å². The lowest BCUT2D eigenvalue weighted by Crippen LogP contribution is -2.10. The molecule has 1 nitrogen and oxygen atoms in total. The Morgan fingerprint density at radius 1 is 1.21 bits per heavy atom. The van der Waals surface area contributed by atoms with Crippen LogP contribution in [0.15, 0.2) is 18.2 Å². The van der Waals surface area contributed by atoms with Gasteiger partial charge in [0.05, 0.1) is 11.4 Å². The Morgan fingerprint density at radius 3 is 2.36 bits per heavy atom. The fourth-order valence-corrected chi connectivity index (χ4v) is 1.71. The highest BCUT2D eigenvalue weighted by atomic mass is 19.3. The van der Waals surface area contributed by atoms with E-state index in [2.05, 4.69) is 4.90 Å². The molecule has 1 aliphatic heterocycles. The lowest BCUT2D eigenvalue weighted by atomic mass is 10.1. The van der Waals surface area contributed by atoms with Gasteiger partial charge in [-0.2, -0.15) is 0 Å². The number of halogens is 2. The van der Waals surface area contributed by atoms with Crippen molar-refractivity contribution in [2.45, 2.75) is 32.7 Å². The van der Waals surface area contributed by atoms with E-state index >= 15 is 0 Å². The highest BCUT2D eigenvalue weighted by Gasteiger charge is 2.34. The summed E-state index contributed by atoms with van der Waals surface area (Å²) in [5.41, 5.74) is 2.12. The maximum Gasteiger partial charge on any atom is 0.270 e. The predicted octanol–water partition coefficient (Wildman–Crippen LogP) is 3.66. The SMILES string of the molecule is CC(C)N1c2ccc(C(C)(F)F)cc21. The third kappa shape index (κ3) is 1.37. The molecule has 3 heteroatoms. The maximum atomic E-state index is 13.0. The van der Waals surface area contributed by atoms with E-state index in [0.717, 1.165) is 18.3 Å². The molecule has 1 aliphatic rings. The van der Waals surface area contributed by atoms with Crippen molar-refractivity contribution in [3.63, 3.8) is 0 Å². The van der Waals surface area contributed by atoms with E-state index in [9.17, 15) is 8.78 Å². The van der Waals surface area contributed by atoms with E-state index < -0.39 is 5.92 Å². The van der Waals surface area contributed by atoms with Gasteiger partial charge in [0, 0.05) is 18.5 Å². The fourth-order valence-electron chi connectivity index (χ4n) is 1.71. The van der Waals surface area contributed by atoms with Crippen LogP contribution in [-0.4, -0.2) is 6.04 Å². The number of benzene rings is 1. The fraction of sp³-hybridized carbons (Fsp3) is 0.455. The highest BCUT2D eigenvalue weighted by molar-refractivity contribution is 5.93. The summed E-state index contributed by atoms with van der Waals surface area (Å²) >= 11 is 0. The molecule has 0 amide bonds. The normalized spacial score (nSPS) is 14.6. The number of hydrogen-bond acceptors (Lipinski definition) is 1. The van der Waals surface area contributed by atoms with Crippen LogP contribution in [0, 0.1) is 0 Å². The lowest BCUT2D eigenvalue weighted by molar-refractivity contribution is 0.0176. The summed E-state index contributed by atoms with van der Waals surface area (Å²) in [7, 11) is 0. The third-order valence-electron chi connectivity index (χ3n) is 2.47. The van der Waals surface area contributed by atoms with Gasteiger partial charge in [-0.15, -0.1) is 0 Å². The average Bonchev–Trinajstić information content (AvgIpc) is 2.74. The second-order valence-electron chi connectivity index (χ2n) is 4.06. The van der Waals surface area contributed by atoms with Crippen molar-refractivity contribution in [1.82, 2.24) is 0 Å². The zero-order valence-corrected chi connectivity index (χ0v) is 8.51. The first kappa shape index (κ1) is 9.44. The zero-order chi connectivity index (χ0) is 10.5. The molecule has 0 N–H and O–H groups in total. The van der Waals surface area contributed by atoms with Gasteiger partial charge in [-0.1, -0.05) is 6.07 Å². The molecule has 0 fully saturated rings. The Morgan fingerprint density at radius 2 is 1.86 bits per heavy atom. The van der Waals surface area contributed by atoms with Gasteiger partial charge in [0.2, 0.25) is 0 Å². The van der Waals surface area contributed by atoms with E-state index in [1.54, 1.807) is 12.1 Å². The molecule has 14 heavy (non-hydrogen) atoms. The monoisotopic (exact) mass is 197 g/mol. The molecule has 1 aromatic carbocycles. The Hall–Kier alpha value is -1.12. The Balaban J connectivity index is 2.30. The van der Waals surface area contributed by atoms with Crippen LogP contribution in [0.25, 0.3) is 0 Å². The van der Waals surface area contributed by atoms with E-state index in [-0.39, 0.29) is 5.56 Å². The van der Waals surface area contributed by atoms with Crippen LogP contribution in [0.1, 0.15) is 26.3 Å². The second-order valence-corrected chi connectivity index (χ2v) is 4.06. The van der Waals surface area contributed by atoms with Crippen LogP contribution in [-0.2, 0) is 5.92 Å². The molecule has 0 atom stereocenters. The van der Waals surface area contributed by atoms with Crippen LogP contribution in [0.2, 0.25) is 0 Å². The van der Waals surface area contributed by atoms with E-state index in [0.29, 0.717) is 6.04 Å². The molecule has 0 aliphatic carbocycles. The van der Waals surface area contributed by atoms with E-state index in [4.69, 9.17) is 0 Å². The zero-order valence-electron chi connectivity index (χ0n) is 8.51. The molecule has 1 heterocycles. The molecule has 0 saturated heterocycles. The van der Waals surface area contributed by atoms with Crippen LogP contribution >= 0.6 is 0 Å². The first-order chi connectivity index (χ1) is 6.41. The van der Waals surface area contributed by atoms with Crippen molar-refractivity contribution in [2.75, 3.05) is 4.90 Å². The van der Waals surface area contributed by atoms with Crippen LogP contribution in [0.3, 0.4) is 0 Å². The smallest absolute Gasteiger partial charge is 0.270 e. The summed E-state index contributed by atoms with van der Waals surface area (Å²) < 4.78 is 25.9. The van der Waals surface area contributed by atoms with Crippen molar-refractivity contribution in [1.29, 1.82) is 0 Å². The van der Waals surface area contributed by atoms with Gasteiger partial charge in [0.25, 0.3) is 5.92 Å². The summed E-state index contributed by atoms with van der Waals surface area (Å²) in [4.78, 5) is 2.05. The van der Waals surface area contributed by atoms with Gasteiger partial charge in [-0.3, -0.25) is 0 Å². The van der Waals surface area contributed by atoms with E-state index in [1.165, 1.54) is 6.07 Å². The quantitative estimate of drug-likeness (QED) is 0.654. The lowest BCUT2D eigenvalue weighted by Gasteiger charge is -2.08. The summed E-state index contributed by atoms with van der Waals surface area (Å²) in [6, 6.07) is 5.20. The van der Waals surface area contributed by atoms with Crippen LogP contribution < -0.4 is 4.90 Å². The molecule has 0 saturated carbocycles. The van der Waals surface area contributed by atoms with Gasteiger partial charge in [0.1, 0.15) is 0 Å². The molecule has 1 aromatic rings. The minimum Gasteiger partial charge on any atom is -0.336 e. The highest BCUT2D eigenvalue weighted by Crippen LogP contribution is 2.51. The Labute approximate surface area is 82.3 Å². The molecular weight excluding hydrogens is 184 g/mol. The van der Waals surface area contributed by atoms with Gasteiger partial charge >= 0.3 is 0 Å². The number of nitrogens with zero attached hydrogens (tertiary/aromatic N) is 1. The summed E-state index contributed by atoms with van der Waals surface area (Å²) in [6.45, 7) is 5.02. The number of alkyl halides is 2. The molecule has 2 rings (SSSR count). The predicted molar refractivity (Wildman–Crippen MR) is 53.3 cm³/mol. The second kappa shape index (κ2) is 2.69. The number of hydrogen-bond donors (Lipinski definition) is 0. The van der Waals surface area contributed by atoms with Crippen molar-refractivity contribution in [2.24, 2.45) is 0 Å². The van der Waals surface area contributed by atoms with Crippen LogP contribution in [0.4, 0.5) is 20.2 Å². The first-order valence-electron chi connectivity index (χ1n) is 4.73. The molecule has 0 unspecified atom stereocenters. The van der Waals surface area contributed by atoms with Gasteiger partial charge in [-0.25, -0.2) is 8.78 Å². The van der Waals surface area contributed by atoms with Crippen LogP contribution in [0.5, 0.6) is 0 Å². The molecule has 0 spiro atoms. The number of rotatable bonds is 2. The third-order valence-corrected chi connectivity index (χ3v) is 2.47. The minimum absolute atomic E-state index is 0.0967. The van der Waals surface area contributed by atoms with Crippen molar-refractivity contribution >= 4 is 11.4 Å². The summed E-state index contributed by atoms with van der Waals surface area (Å²) in [5, 5.41) is 0. The molecule has 0 bridgehead atoms. The van der Waals surface area contributed by atoms with Gasteiger partial charge in [0.15, 0.2) is 0 Å². The Kier molecular flexibility index (Phi) is 1.81. The number of fused-ring (bicyclic) bond motifs is 1. The van der Waals surface area contributed by atoms with Gasteiger partial charge in [-0.05, 0) is 26.0 Å². The van der Waals surface area contributed by atoms with E-state index in [1.807, 2.05) is 13.8 Å². The first-order valence-corrected chi connectivity index (χ1v) is 4.73.